The van der Waals surface area contributed by atoms with E-state index in [1.807, 2.05) is 0 Å². The van der Waals surface area contributed by atoms with Crippen molar-refractivity contribution in [3.8, 4) is 0 Å². The number of rotatable bonds is 0. The fourth-order valence-electron chi connectivity index (χ4n) is 0. The van der Waals surface area contributed by atoms with Crippen molar-refractivity contribution < 1.29 is 89.6 Å². The van der Waals surface area contributed by atoms with E-state index in [1.54, 1.807) is 0 Å². The summed E-state index contributed by atoms with van der Waals surface area (Å²) in [6, 6.07) is 0. The third kappa shape index (κ3) is 62.5. The molecule has 0 saturated carbocycles. The van der Waals surface area contributed by atoms with Crippen molar-refractivity contribution in [2.75, 3.05) is 0 Å². The molecule has 0 fully saturated rings. The van der Waals surface area contributed by atoms with Crippen molar-refractivity contribution in [3.63, 3.8) is 0 Å². The second-order valence-electron chi connectivity index (χ2n) is 0.0540. The number of hydrogen-bond acceptors (Lipinski definition) is 0. The van der Waals surface area contributed by atoms with Gasteiger partial charge in [0.2, 0.25) is 0 Å². The van der Waals surface area contributed by atoms with Gasteiger partial charge in [0.25, 0.3) is 0 Å². The van der Waals surface area contributed by atoms with Crippen LogP contribution < -0.4 is 13.3 Å². The molecule has 0 rings (SSSR count). The van der Waals surface area contributed by atoms with Crippen LogP contribution in [0.25, 0.3) is 0 Å². The second kappa shape index (κ2) is 57.9. The molecule has 2 nitrogen and oxygen atoms in total. The molecule has 0 heterocycles. The zero-order valence-corrected chi connectivity index (χ0v) is 23.2. The Morgan fingerprint density at radius 2 is 0.800 bits per heavy atom. The fraction of sp³-hybridized carbons (Fsp3) is 0. The van der Waals surface area contributed by atoms with Crippen molar-refractivity contribution in [2.45, 2.75) is 0 Å². The molecule has 0 aliphatic heterocycles. The Morgan fingerprint density at radius 3 is 0.800 bits per heavy atom. The molecule has 0 aromatic rings. The van der Waals surface area contributed by atoms with Gasteiger partial charge in [-0.25, -0.2) is 0 Å². The summed E-state index contributed by atoms with van der Waals surface area (Å²) in [5.41, 5.74) is 0. The zero-order valence-electron chi connectivity index (χ0n) is 4.45. The molecule has 0 atom stereocenters. The summed E-state index contributed by atoms with van der Waals surface area (Å²) in [4.78, 5) is 0. The van der Waals surface area contributed by atoms with Gasteiger partial charge in [0, 0.05) is 103 Å². The van der Waals surface area contributed by atoms with Gasteiger partial charge in [0.05, 0.1) is 0 Å². The smallest absolute Gasteiger partial charge is 0 e. The third-order valence-electron chi connectivity index (χ3n) is 0. The van der Waals surface area contributed by atoms with Crippen molar-refractivity contribution in [1.82, 2.24) is 0 Å². The molecule has 0 aromatic heterocycles. The topological polar surface area (TPSA) is 63.0 Å². The predicted molar refractivity (Wildman–Crippen MR) is 78.7 cm³/mol. The van der Waals surface area contributed by atoms with Crippen LogP contribution in [0.1, 0.15) is 0 Å². The zero-order chi connectivity index (χ0) is 4.71. The van der Waals surface area contributed by atoms with Crippen LogP contribution in [0.3, 0.4) is 0 Å². The van der Waals surface area contributed by atoms with E-state index >= 15 is 0 Å². The van der Waals surface area contributed by atoms with E-state index in [0.717, 1.165) is 0 Å². The predicted octanol–water partition coefficient (Wildman–Crippen LogP) is -0.490. The molecule has 0 spiro atoms. The maximum absolute atomic E-state index is 2.39. The van der Waals surface area contributed by atoms with E-state index in [0.29, 0.717) is 13.3 Å². The molecule has 0 aliphatic rings. The standard InChI is InChI=1S/I3.I2.HI.2H2O.2Y/c1-3-2;1-2;;;;;/h;;1H;2*1H2;;/q-1;;;;;;. The van der Waals surface area contributed by atoms with Crippen LogP contribution in [0.4, 0.5) is 0 Å². The molecular weight excluding hydrogens is 971 g/mol. The first-order valence-corrected chi connectivity index (χ1v) is 19.3. The minimum atomic E-state index is 0. The van der Waals surface area contributed by atoms with Gasteiger partial charge < -0.3 is 11.0 Å². The molecule has 10 heavy (non-hydrogen) atoms. The first-order chi connectivity index (χ1) is 2.41. The van der Waals surface area contributed by atoms with Gasteiger partial charge in [-0.2, -0.15) is 0 Å². The van der Waals surface area contributed by atoms with E-state index in [4.69, 9.17) is 0 Å². The Labute approximate surface area is 182 Å². The fourth-order valence-corrected chi connectivity index (χ4v) is 0. The van der Waals surface area contributed by atoms with Gasteiger partial charge in [-0.1, -0.05) is 0 Å². The Balaban J connectivity index is -0.00000000246. The minimum absolute atomic E-state index is 0. The summed E-state index contributed by atoms with van der Waals surface area (Å²) in [7, 11) is 0. The quantitative estimate of drug-likeness (QED) is 0.295. The van der Waals surface area contributed by atoms with Crippen molar-refractivity contribution >= 4 is 98.4 Å². The van der Waals surface area contributed by atoms with E-state index in [-0.39, 0.29) is 100 Å². The first kappa shape index (κ1) is 43.9. The maximum atomic E-state index is 2.39. The molecule has 0 saturated heterocycles. The molecular formula is H5I6O2Y2-. The molecule has 2 radical (unpaired) electrons. The van der Waals surface area contributed by atoms with Crippen LogP contribution in [0.2, 0.25) is 0 Å². The number of hydrogen-bond donors (Lipinski definition) is 0. The summed E-state index contributed by atoms with van der Waals surface area (Å²) < 4.78 is 0. The monoisotopic (exact) mass is 976 g/mol. The Kier molecular flexibility index (Phi) is 254. The average Bonchev–Trinajstić information content (AvgIpc) is 1.46. The molecule has 66 valence electrons. The van der Waals surface area contributed by atoms with E-state index in [1.165, 1.54) is 0 Å². The normalized spacial score (nSPS) is 2.80. The summed E-state index contributed by atoms with van der Waals surface area (Å²) in [5, 5.41) is 0. The molecule has 4 N–H and O–H groups in total. The summed E-state index contributed by atoms with van der Waals surface area (Å²) in [6.45, 7) is 0. The van der Waals surface area contributed by atoms with Gasteiger partial charge >= 0.3 is 50.5 Å². The van der Waals surface area contributed by atoms with Crippen LogP contribution in [0, 0.1) is 0 Å². The molecule has 0 unspecified atom stereocenters. The van der Waals surface area contributed by atoms with Gasteiger partial charge in [0.15, 0.2) is 0 Å². The number of halogens is 6. The minimum Gasteiger partial charge on any atom is -0.412 e. The summed E-state index contributed by atoms with van der Waals surface area (Å²) >= 11 is 9.54. The maximum Gasteiger partial charge on any atom is 0 e. The van der Waals surface area contributed by atoms with Crippen molar-refractivity contribution in [1.29, 1.82) is 0 Å². The Bertz CT molecular complexity index is 13.7. The SMILES string of the molecule is I.II.I[I-]I.O.O.[Y].[Y]. The van der Waals surface area contributed by atoms with Crippen molar-refractivity contribution in [2.24, 2.45) is 0 Å². The second-order valence-corrected chi connectivity index (χ2v) is 16.3. The van der Waals surface area contributed by atoms with Crippen LogP contribution in [0.15, 0.2) is 0 Å². The average molecular weight is 976 g/mol. The summed E-state index contributed by atoms with van der Waals surface area (Å²) in [6.07, 6.45) is 0. The Hall–Kier alpha value is 6.51. The molecule has 0 aliphatic carbocycles. The van der Waals surface area contributed by atoms with Crippen LogP contribution in [-0.2, 0) is 65.4 Å². The molecule has 0 aromatic carbocycles. The van der Waals surface area contributed by atoms with E-state index in [9.17, 15) is 0 Å². The van der Waals surface area contributed by atoms with Gasteiger partial charge in [-0.3, -0.25) is 0 Å². The van der Waals surface area contributed by atoms with Gasteiger partial charge in [-0.15, -0.1) is 24.0 Å². The van der Waals surface area contributed by atoms with Crippen LogP contribution >= 0.6 is 98.4 Å². The molecule has 10 heteroatoms. The van der Waals surface area contributed by atoms with Gasteiger partial charge in [-0.05, 0) is 0 Å². The molecule has 0 amide bonds. The van der Waals surface area contributed by atoms with Crippen molar-refractivity contribution in [3.05, 3.63) is 0 Å². The first-order valence-electron chi connectivity index (χ1n) is 0.429. The third-order valence-corrected chi connectivity index (χ3v) is 0. The summed E-state index contributed by atoms with van der Waals surface area (Å²) in [5.74, 6) is 0. The van der Waals surface area contributed by atoms with E-state index < -0.39 is 0 Å². The molecule has 0 bridgehead atoms. The Morgan fingerprint density at radius 1 is 0.800 bits per heavy atom. The van der Waals surface area contributed by atoms with Crippen LogP contribution in [-0.4, -0.2) is 11.0 Å². The van der Waals surface area contributed by atoms with Gasteiger partial charge in [0.1, 0.15) is 0 Å². The van der Waals surface area contributed by atoms with Crippen LogP contribution in [0.5, 0.6) is 0 Å². The van der Waals surface area contributed by atoms with E-state index in [2.05, 4.69) is 74.5 Å². The largest absolute Gasteiger partial charge is 0.412 e.